The first-order valence-corrected chi connectivity index (χ1v) is 7.56. The molecule has 122 valence electrons. The van der Waals surface area contributed by atoms with E-state index in [0.29, 0.717) is 11.3 Å². The highest BCUT2D eigenvalue weighted by molar-refractivity contribution is 9.10. The lowest BCUT2D eigenvalue weighted by Crippen LogP contribution is -2.43. The molecule has 1 aromatic heterocycles. The van der Waals surface area contributed by atoms with Crippen LogP contribution in [0.4, 0.5) is 0 Å². The number of amides is 1. The van der Waals surface area contributed by atoms with Crippen LogP contribution >= 0.6 is 15.9 Å². The summed E-state index contributed by atoms with van der Waals surface area (Å²) in [5.41, 5.74) is 1.73. The SMILES string of the molecule is COCC(NC(=O)c1cnn(-c2ccc(Br)cc2)c1C)C(=O)O. The van der Waals surface area contributed by atoms with Crippen molar-refractivity contribution in [1.29, 1.82) is 0 Å². The predicted molar refractivity (Wildman–Crippen MR) is 86.8 cm³/mol. The fourth-order valence-corrected chi connectivity index (χ4v) is 2.32. The van der Waals surface area contributed by atoms with Crippen LogP contribution in [-0.4, -0.2) is 46.5 Å². The van der Waals surface area contributed by atoms with E-state index in [9.17, 15) is 9.59 Å². The number of carbonyl (C=O) groups excluding carboxylic acids is 1. The van der Waals surface area contributed by atoms with Crippen molar-refractivity contribution in [3.63, 3.8) is 0 Å². The molecule has 2 N–H and O–H groups in total. The molecule has 8 heteroatoms. The fraction of sp³-hybridized carbons (Fsp3) is 0.267. The Balaban J connectivity index is 2.22. The van der Waals surface area contributed by atoms with Crippen molar-refractivity contribution < 1.29 is 19.4 Å². The van der Waals surface area contributed by atoms with Crippen LogP contribution in [0.15, 0.2) is 34.9 Å². The van der Waals surface area contributed by atoms with Crippen molar-refractivity contribution in [2.45, 2.75) is 13.0 Å². The average molecular weight is 382 g/mol. The molecule has 0 saturated heterocycles. The summed E-state index contributed by atoms with van der Waals surface area (Å²) < 4.78 is 7.35. The van der Waals surface area contributed by atoms with Crippen molar-refractivity contribution >= 4 is 27.8 Å². The molecule has 0 spiro atoms. The van der Waals surface area contributed by atoms with E-state index in [1.165, 1.54) is 13.3 Å². The molecule has 0 aliphatic rings. The van der Waals surface area contributed by atoms with Gasteiger partial charge < -0.3 is 15.2 Å². The Kier molecular flexibility index (Phi) is 5.51. The number of carboxylic acids is 1. The first kappa shape index (κ1) is 17.2. The number of hydrogen-bond donors (Lipinski definition) is 2. The molecule has 7 nitrogen and oxygen atoms in total. The topological polar surface area (TPSA) is 93.5 Å². The zero-order valence-corrected chi connectivity index (χ0v) is 14.2. The van der Waals surface area contributed by atoms with Crippen molar-refractivity contribution in [1.82, 2.24) is 15.1 Å². The average Bonchev–Trinajstić information content (AvgIpc) is 2.89. The maximum Gasteiger partial charge on any atom is 0.328 e. The van der Waals surface area contributed by atoms with Crippen LogP contribution in [-0.2, 0) is 9.53 Å². The van der Waals surface area contributed by atoms with E-state index in [4.69, 9.17) is 9.84 Å². The normalized spacial score (nSPS) is 12.0. The van der Waals surface area contributed by atoms with Gasteiger partial charge in [0.15, 0.2) is 6.04 Å². The highest BCUT2D eigenvalue weighted by atomic mass is 79.9. The standard InChI is InChI=1S/C15H16BrN3O4/c1-9-12(14(20)18-13(8-23-2)15(21)22)7-17-19(9)11-5-3-10(16)4-6-11/h3-7,13H,8H2,1-2H3,(H,18,20)(H,21,22). The Morgan fingerprint density at radius 1 is 1.39 bits per heavy atom. The summed E-state index contributed by atoms with van der Waals surface area (Å²) in [6, 6.07) is 6.35. The number of nitrogens with one attached hydrogen (secondary N) is 1. The van der Waals surface area contributed by atoms with Gasteiger partial charge >= 0.3 is 5.97 Å². The summed E-state index contributed by atoms with van der Waals surface area (Å²) in [5.74, 6) is -1.66. The van der Waals surface area contributed by atoms with Crippen LogP contribution in [0.25, 0.3) is 5.69 Å². The Morgan fingerprint density at radius 3 is 2.61 bits per heavy atom. The maximum absolute atomic E-state index is 12.3. The van der Waals surface area contributed by atoms with E-state index in [1.807, 2.05) is 24.3 Å². The van der Waals surface area contributed by atoms with Crippen LogP contribution in [0.3, 0.4) is 0 Å². The second-order valence-corrected chi connectivity index (χ2v) is 5.77. The Morgan fingerprint density at radius 2 is 2.04 bits per heavy atom. The monoisotopic (exact) mass is 381 g/mol. The third-order valence-electron chi connectivity index (χ3n) is 3.26. The summed E-state index contributed by atoms with van der Waals surface area (Å²) in [5, 5.41) is 15.7. The van der Waals surface area contributed by atoms with E-state index in [1.54, 1.807) is 11.6 Å². The number of benzene rings is 1. The molecule has 23 heavy (non-hydrogen) atoms. The Labute approximate surface area is 141 Å². The van der Waals surface area contributed by atoms with Crippen LogP contribution < -0.4 is 5.32 Å². The van der Waals surface area contributed by atoms with Gasteiger partial charge in [-0.2, -0.15) is 5.10 Å². The summed E-state index contributed by atoms with van der Waals surface area (Å²) >= 11 is 3.36. The highest BCUT2D eigenvalue weighted by Gasteiger charge is 2.23. The van der Waals surface area contributed by atoms with Gasteiger partial charge in [-0.3, -0.25) is 4.79 Å². The summed E-state index contributed by atoms with van der Waals surface area (Å²) in [4.78, 5) is 23.3. The molecule has 1 heterocycles. The molecular formula is C15H16BrN3O4. The van der Waals surface area contributed by atoms with Crippen molar-refractivity contribution in [2.75, 3.05) is 13.7 Å². The number of methoxy groups -OCH3 is 1. The quantitative estimate of drug-likeness (QED) is 0.795. The summed E-state index contributed by atoms with van der Waals surface area (Å²) in [6.45, 7) is 1.64. The van der Waals surface area contributed by atoms with Crippen LogP contribution in [0.5, 0.6) is 0 Å². The van der Waals surface area contributed by atoms with Gasteiger partial charge in [-0.25, -0.2) is 9.48 Å². The number of halogens is 1. The minimum absolute atomic E-state index is 0.110. The molecule has 1 aromatic carbocycles. The summed E-state index contributed by atoms with van der Waals surface area (Å²) in [7, 11) is 1.37. The fourth-order valence-electron chi connectivity index (χ4n) is 2.05. The lowest BCUT2D eigenvalue weighted by atomic mass is 10.2. The highest BCUT2D eigenvalue weighted by Crippen LogP contribution is 2.17. The number of carbonyl (C=O) groups is 2. The van der Waals surface area contributed by atoms with E-state index in [2.05, 4.69) is 26.3 Å². The molecule has 1 unspecified atom stereocenters. The number of hydrogen-bond acceptors (Lipinski definition) is 4. The first-order valence-electron chi connectivity index (χ1n) is 6.77. The lowest BCUT2D eigenvalue weighted by molar-refractivity contribution is -0.140. The summed E-state index contributed by atoms with van der Waals surface area (Å²) in [6.07, 6.45) is 1.42. The molecule has 0 bridgehead atoms. The van der Waals surface area contributed by atoms with Crippen LogP contribution in [0, 0.1) is 6.92 Å². The van der Waals surface area contributed by atoms with Gasteiger partial charge in [-0.15, -0.1) is 0 Å². The molecule has 0 radical (unpaired) electrons. The van der Waals surface area contributed by atoms with Gasteiger partial charge in [0.05, 0.1) is 29.7 Å². The van der Waals surface area contributed by atoms with Gasteiger partial charge in [0, 0.05) is 11.6 Å². The number of ether oxygens (including phenoxy) is 1. The predicted octanol–water partition coefficient (Wildman–Crippen LogP) is 1.77. The molecule has 2 aromatic rings. The van der Waals surface area contributed by atoms with Gasteiger partial charge in [0.25, 0.3) is 5.91 Å². The molecular weight excluding hydrogens is 366 g/mol. The number of aromatic nitrogens is 2. The number of aliphatic carboxylic acids is 1. The number of carboxylic acid groups (broad SMARTS) is 1. The third-order valence-corrected chi connectivity index (χ3v) is 3.79. The molecule has 0 aliphatic carbocycles. The lowest BCUT2D eigenvalue weighted by Gasteiger charge is -2.13. The van der Waals surface area contributed by atoms with Crippen molar-refractivity contribution in [3.05, 3.63) is 46.2 Å². The van der Waals surface area contributed by atoms with Gasteiger partial charge in [-0.05, 0) is 31.2 Å². The van der Waals surface area contributed by atoms with E-state index >= 15 is 0 Å². The third kappa shape index (κ3) is 3.96. The zero-order chi connectivity index (χ0) is 17.0. The van der Waals surface area contributed by atoms with Crippen LogP contribution in [0.2, 0.25) is 0 Å². The minimum atomic E-state index is -1.15. The van der Waals surface area contributed by atoms with E-state index in [-0.39, 0.29) is 6.61 Å². The largest absolute Gasteiger partial charge is 0.480 e. The molecule has 0 aliphatic heterocycles. The molecule has 2 rings (SSSR count). The zero-order valence-electron chi connectivity index (χ0n) is 12.6. The second-order valence-electron chi connectivity index (χ2n) is 4.85. The van der Waals surface area contributed by atoms with Crippen LogP contribution in [0.1, 0.15) is 16.1 Å². The van der Waals surface area contributed by atoms with Crippen molar-refractivity contribution in [3.8, 4) is 5.69 Å². The van der Waals surface area contributed by atoms with Gasteiger partial charge in [0.1, 0.15) is 0 Å². The Hall–Kier alpha value is -2.19. The van der Waals surface area contributed by atoms with E-state index in [0.717, 1.165) is 10.2 Å². The maximum atomic E-state index is 12.3. The second kappa shape index (κ2) is 7.38. The molecule has 0 fully saturated rings. The Bertz CT molecular complexity index is 712. The molecule has 0 saturated carbocycles. The molecule has 1 atom stereocenters. The smallest absolute Gasteiger partial charge is 0.328 e. The number of nitrogens with zero attached hydrogens (tertiary/aromatic N) is 2. The minimum Gasteiger partial charge on any atom is -0.480 e. The van der Waals surface area contributed by atoms with Gasteiger partial charge in [-0.1, -0.05) is 15.9 Å². The first-order chi connectivity index (χ1) is 10.9. The number of rotatable bonds is 6. The molecule has 1 amide bonds. The van der Waals surface area contributed by atoms with Crippen molar-refractivity contribution in [2.24, 2.45) is 0 Å². The van der Waals surface area contributed by atoms with Gasteiger partial charge in [0.2, 0.25) is 0 Å². The van der Waals surface area contributed by atoms with E-state index < -0.39 is 17.9 Å².